The van der Waals surface area contributed by atoms with Crippen molar-refractivity contribution in [1.29, 1.82) is 0 Å². The largest absolute Gasteiger partial charge is 0.351 e. The fraction of sp³-hybridized carbons (Fsp3) is 0.333. The second-order valence-corrected chi connectivity index (χ2v) is 3.66. The zero-order chi connectivity index (χ0) is 11.1. The topological polar surface area (TPSA) is 67.4 Å². The molecule has 82 valence electrons. The van der Waals surface area contributed by atoms with Crippen molar-refractivity contribution in [1.82, 2.24) is 10.8 Å². The van der Waals surface area contributed by atoms with Crippen LogP contribution in [-0.2, 0) is 9.63 Å². The van der Waals surface area contributed by atoms with Crippen LogP contribution in [0.2, 0.25) is 0 Å². The molecule has 0 saturated carbocycles. The summed E-state index contributed by atoms with van der Waals surface area (Å²) in [5.74, 6) is -0.417. The number of carbonyl (C=O) groups is 2. The lowest BCUT2D eigenvalue weighted by molar-refractivity contribution is -0.131. The number of hydrogen-bond donors (Lipinski definition) is 2. The predicted octanol–water partition coefficient (Wildman–Crippen LogP) is 0.546. The summed E-state index contributed by atoms with van der Waals surface area (Å²) in [4.78, 5) is 27.4. The first-order valence-electron chi connectivity index (χ1n) is 4.37. The quantitative estimate of drug-likeness (QED) is 0.723. The first kappa shape index (κ1) is 11.7. The van der Waals surface area contributed by atoms with E-state index in [1.54, 1.807) is 12.1 Å². The first-order valence-corrected chi connectivity index (χ1v) is 5.25. The summed E-state index contributed by atoms with van der Waals surface area (Å²) >= 11 is 1.36. The first-order chi connectivity index (χ1) is 7.24. The highest BCUT2D eigenvalue weighted by Gasteiger charge is 2.06. The van der Waals surface area contributed by atoms with Gasteiger partial charge in [-0.05, 0) is 11.4 Å². The summed E-state index contributed by atoms with van der Waals surface area (Å²) in [6.45, 7) is 0.298. The van der Waals surface area contributed by atoms with Crippen LogP contribution in [0.4, 0.5) is 0 Å². The summed E-state index contributed by atoms with van der Waals surface area (Å²) in [7, 11) is 1.36. The SMILES string of the molecule is CONC(=O)CCNC(=O)c1cccs1. The minimum absolute atomic E-state index is 0.157. The molecule has 0 aliphatic rings. The maximum atomic E-state index is 11.4. The van der Waals surface area contributed by atoms with Gasteiger partial charge in [-0.3, -0.25) is 14.4 Å². The second-order valence-electron chi connectivity index (χ2n) is 2.71. The van der Waals surface area contributed by atoms with Gasteiger partial charge in [0, 0.05) is 13.0 Å². The Balaban J connectivity index is 2.21. The molecule has 1 heterocycles. The van der Waals surface area contributed by atoms with Crippen LogP contribution in [0.3, 0.4) is 0 Å². The Morgan fingerprint density at radius 1 is 1.53 bits per heavy atom. The van der Waals surface area contributed by atoms with E-state index in [4.69, 9.17) is 0 Å². The van der Waals surface area contributed by atoms with Crippen LogP contribution in [0.25, 0.3) is 0 Å². The summed E-state index contributed by atoms with van der Waals surface area (Å²) in [6, 6.07) is 3.53. The monoisotopic (exact) mass is 228 g/mol. The van der Waals surface area contributed by atoms with Gasteiger partial charge in [0.15, 0.2) is 0 Å². The van der Waals surface area contributed by atoms with Crippen LogP contribution in [-0.4, -0.2) is 25.5 Å². The maximum Gasteiger partial charge on any atom is 0.261 e. The van der Waals surface area contributed by atoms with Crippen LogP contribution in [0.5, 0.6) is 0 Å². The molecule has 6 heteroatoms. The fourth-order valence-electron chi connectivity index (χ4n) is 0.949. The van der Waals surface area contributed by atoms with Gasteiger partial charge in [-0.1, -0.05) is 6.07 Å². The third-order valence-electron chi connectivity index (χ3n) is 1.60. The summed E-state index contributed by atoms with van der Waals surface area (Å²) in [5.41, 5.74) is 2.17. The average molecular weight is 228 g/mol. The number of hydroxylamine groups is 1. The lowest BCUT2D eigenvalue weighted by Gasteiger charge is -2.03. The Bertz CT molecular complexity index is 324. The molecular weight excluding hydrogens is 216 g/mol. The number of rotatable bonds is 5. The van der Waals surface area contributed by atoms with Crippen molar-refractivity contribution in [2.45, 2.75) is 6.42 Å². The van der Waals surface area contributed by atoms with Crippen LogP contribution in [0.15, 0.2) is 17.5 Å². The molecule has 15 heavy (non-hydrogen) atoms. The highest BCUT2D eigenvalue weighted by Crippen LogP contribution is 2.07. The van der Waals surface area contributed by atoms with Crippen LogP contribution >= 0.6 is 11.3 Å². The number of carbonyl (C=O) groups excluding carboxylic acids is 2. The minimum atomic E-state index is -0.260. The number of amides is 2. The standard InChI is InChI=1S/C9H12N2O3S/c1-14-11-8(12)4-5-10-9(13)7-3-2-6-15-7/h2-3,6H,4-5H2,1H3,(H,10,13)(H,11,12). The molecule has 5 nitrogen and oxygen atoms in total. The second kappa shape index (κ2) is 6.15. The molecule has 0 saturated heterocycles. The Hall–Kier alpha value is -1.40. The highest BCUT2D eigenvalue weighted by atomic mass is 32.1. The molecule has 0 bridgehead atoms. The van der Waals surface area contributed by atoms with E-state index < -0.39 is 0 Å². The van der Waals surface area contributed by atoms with Gasteiger partial charge in [-0.25, -0.2) is 5.48 Å². The molecule has 2 N–H and O–H groups in total. The molecule has 2 amide bonds. The zero-order valence-corrected chi connectivity index (χ0v) is 9.10. The number of thiophene rings is 1. The molecule has 1 aromatic heterocycles. The summed E-state index contributed by atoms with van der Waals surface area (Å²) < 4.78 is 0. The molecule has 0 fully saturated rings. The van der Waals surface area contributed by atoms with Crippen molar-refractivity contribution >= 4 is 23.2 Å². The zero-order valence-electron chi connectivity index (χ0n) is 8.28. The van der Waals surface area contributed by atoms with Gasteiger partial charge in [-0.2, -0.15) is 0 Å². The lowest BCUT2D eigenvalue weighted by Crippen LogP contribution is -2.29. The van der Waals surface area contributed by atoms with E-state index in [1.165, 1.54) is 18.4 Å². The maximum absolute atomic E-state index is 11.4. The van der Waals surface area contributed by atoms with Crippen molar-refractivity contribution in [3.05, 3.63) is 22.4 Å². The Labute approximate surface area is 91.4 Å². The van der Waals surface area contributed by atoms with Gasteiger partial charge in [0.2, 0.25) is 5.91 Å². The van der Waals surface area contributed by atoms with E-state index >= 15 is 0 Å². The smallest absolute Gasteiger partial charge is 0.261 e. The molecule has 1 rings (SSSR count). The van der Waals surface area contributed by atoms with Crippen LogP contribution in [0, 0.1) is 0 Å². The van der Waals surface area contributed by atoms with Crippen LogP contribution < -0.4 is 10.8 Å². The van der Waals surface area contributed by atoms with E-state index in [2.05, 4.69) is 15.6 Å². The predicted molar refractivity (Wildman–Crippen MR) is 56.4 cm³/mol. The van der Waals surface area contributed by atoms with Crippen molar-refractivity contribution in [2.75, 3.05) is 13.7 Å². The summed E-state index contributed by atoms with van der Waals surface area (Å²) in [5, 5.41) is 4.46. The number of nitrogens with one attached hydrogen (secondary N) is 2. The third-order valence-corrected chi connectivity index (χ3v) is 2.47. The molecule has 0 spiro atoms. The van der Waals surface area contributed by atoms with Crippen molar-refractivity contribution in [3.8, 4) is 0 Å². The molecular formula is C9H12N2O3S. The molecule has 0 radical (unpaired) electrons. The Morgan fingerprint density at radius 3 is 2.93 bits per heavy atom. The van der Waals surface area contributed by atoms with Gasteiger partial charge in [0.1, 0.15) is 0 Å². The Kier molecular flexibility index (Phi) is 4.79. The van der Waals surface area contributed by atoms with E-state index in [0.717, 1.165) is 0 Å². The van der Waals surface area contributed by atoms with Gasteiger partial charge in [0.25, 0.3) is 5.91 Å². The highest BCUT2D eigenvalue weighted by molar-refractivity contribution is 7.12. The average Bonchev–Trinajstić information content (AvgIpc) is 2.70. The van der Waals surface area contributed by atoms with Gasteiger partial charge < -0.3 is 5.32 Å². The van der Waals surface area contributed by atoms with E-state index in [9.17, 15) is 9.59 Å². The van der Waals surface area contributed by atoms with Crippen molar-refractivity contribution in [3.63, 3.8) is 0 Å². The fourth-order valence-corrected chi connectivity index (χ4v) is 1.59. The number of hydrogen-bond acceptors (Lipinski definition) is 4. The van der Waals surface area contributed by atoms with Gasteiger partial charge in [0.05, 0.1) is 12.0 Å². The van der Waals surface area contributed by atoms with Crippen molar-refractivity contribution < 1.29 is 14.4 Å². The molecule has 0 aliphatic carbocycles. The Morgan fingerprint density at radius 2 is 2.33 bits per heavy atom. The van der Waals surface area contributed by atoms with E-state index in [-0.39, 0.29) is 18.2 Å². The molecule has 0 atom stereocenters. The lowest BCUT2D eigenvalue weighted by atomic mass is 10.4. The minimum Gasteiger partial charge on any atom is -0.351 e. The molecule has 0 aromatic carbocycles. The van der Waals surface area contributed by atoms with Gasteiger partial charge >= 0.3 is 0 Å². The normalized spacial score (nSPS) is 9.67. The van der Waals surface area contributed by atoms with Crippen LogP contribution in [0.1, 0.15) is 16.1 Å². The van der Waals surface area contributed by atoms with E-state index in [1.807, 2.05) is 5.38 Å². The molecule has 1 aromatic rings. The third kappa shape index (κ3) is 4.09. The molecule has 0 aliphatic heterocycles. The summed E-state index contributed by atoms with van der Waals surface area (Å²) in [6.07, 6.45) is 0.199. The van der Waals surface area contributed by atoms with E-state index in [0.29, 0.717) is 11.4 Å². The van der Waals surface area contributed by atoms with Gasteiger partial charge in [-0.15, -0.1) is 11.3 Å². The van der Waals surface area contributed by atoms with Crippen molar-refractivity contribution in [2.24, 2.45) is 0 Å². The molecule has 0 unspecified atom stereocenters.